The molecule has 72 valence electrons. The van der Waals surface area contributed by atoms with Gasteiger partial charge in [0.25, 0.3) is 0 Å². The van der Waals surface area contributed by atoms with Gasteiger partial charge in [0.15, 0.2) is 0 Å². The summed E-state index contributed by atoms with van der Waals surface area (Å²) in [5, 5.41) is 0. The van der Waals surface area contributed by atoms with E-state index in [0.717, 1.165) is 6.42 Å². The van der Waals surface area contributed by atoms with Gasteiger partial charge >= 0.3 is 5.97 Å². The molecule has 0 amide bonds. The third kappa shape index (κ3) is 6.20. The maximum Gasteiger partial charge on any atom is 0.305 e. The Hall–Kier alpha value is -0.530. The van der Waals surface area contributed by atoms with Crippen LogP contribution in [0.1, 0.15) is 46.5 Å². The summed E-state index contributed by atoms with van der Waals surface area (Å²) in [5.74, 6) is 0.597. The molecule has 0 saturated heterocycles. The van der Waals surface area contributed by atoms with Crippen LogP contribution in [0, 0.1) is 5.92 Å². The van der Waals surface area contributed by atoms with Crippen LogP contribution < -0.4 is 0 Å². The van der Waals surface area contributed by atoms with Gasteiger partial charge in [-0.3, -0.25) is 4.79 Å². The van der Waals surface area contributed by atoms with Crippen molar-refractivity contribution in [3.63, 3.8) is 0 Å². The molecule has 0 aliphatic carbocycles. The summed E-state index contributed by atoms with van der Waals surface area (Å²) in [4.78, 5) is 10.9. The summed E-state index contributed by atoms with van der Waals surface area (Å²) in [6.45, 7) is 6.69. The number of ether oxygens (including phenoxy) is 1. The lowest BCUT2D eigenvalue weighted by atomic mass is 10.0. The number of carbonyl (C=O) groups excluding carboxylic acids is 1. The summed E-state index contributed by atoms with van der Waals surface area (Å²) >= 11 is 0. The molecule has 2 heteroatoms. The highest BCUT2D eigenvalue weighted by molar-refractivity contribution is 5.69. The summed E-state index contributed by atoms with van der Waals surface area (Å²) in [6.07, 6.45) is 3.95. The molecule has 0 unspecified atom stereocenters. The van der Waals surface area contributed by atoms with E-state index in [4.69, 9.17) is 4.74 Å². The van der Waals surface area contributed by atoms with Crippen LogP contribution in [-0.4, -0.2) is 12.6 Å². The molecule has 0 aliphatic rings. The molecule has 0 bridgehead atoms. The van der Waals surface area contributed by atoms with Crippen LogP contribution >= 0.6 is 0 Å². The van der Waals surface area contributed by atoms with Gasteiger partial charge in [-0.05, 0) is 19.3 Å². The predicted octanol–water partition coefficient (Wildman–Crippen LogP) is 2.77. The highest BCUT2D eigenvalue weighted by Crippen LogP contribution is 2.12. The zero-order valence-corrected chi connectivity index (χ0v) is 8.43. The van der Waals surface area contributed by atoms with Crippen molar-refractivity contribution >= 4 is 5.97 Å². The average molecular weight is 172 g/mol. The number of carbonyl (C=O) groups is 1. The van der Waals surface area contributed by atoms with E-state index in [2.05, 4.69) is 13.8 Å². The first-order chi connectivity index (χ1) is 5.70. The molecule has 0 rings (SSSR count). The van der Waals surface area contributed by atoms with E-state index in [-0.39, 0.29) is 5.97 Å². The molecule has 0 N–H and O–H groups in total. The Labute approximate surface area is 75.3 Å². The molecule has 0 heterocycles. The van der Waals surface area contributed by atoms with E-state index in [0.29, 0.717) is 18.9 Å². The fourth-order valence-electron chi connectivity index (χ4n) is 1.23. The molecule has 1 atom stereocenters. The molecule has 0 saturated carbocycles. The van der Waals surface area contributed by atoms with Crippen LogP contribution in [0.2, 0.25) is 0 Å². The lowest BCUT2D eigenvalue weighted by Gasteiger charge is -2.08. The van der Waals surface area contributed by atoms with Gasteiger partial charge in [-0.15, -0.1) is 0 Å². The SMILES string of the molecule is CCC[C@@H](C)CCC(=O)OCC. The first-order valence-corrected chi connectivity index (χ1v) is 4.86. The fraction of sp³-hybridized carbons (Fsp3) is 0.900. The smallest absolute Gasteiger partial charge is 0.305 e. The zero-order chi connectivity index (χ0) is 9.40. The van der Waals surface area contributed by atoms with Crippen molar-refractivity contribution in [2.45, 2.75) is 46.5 Å². The summed E-state index contributed by atoms with van der Waals surface area (Å²) < 4.78 is 4.83. The van der Waals surface area contributed by atoms with Gasteiger partial charge in [-0.2, -0.15) is 0 Å². The Morgan fingerprint density at radius 3 is 2.50 bits per heavy atom. The zero-order valence-electron chi connectivity index (χ0n) is 8.43. The lowest BCUT2D eigenvalue weighted by Crippen LogP contribution is -2.06. The molecule has 0 fully saturated rings. The van der Waals surface area contributed by atoms with Crippen molar-refractivity contribution in [2.24, 2.45) is 5.92 Å². The third-order valence-corrected chi connectivity index (χ3v) is 1.93. The van der Waals surface area contributed by atoms with Crippen molar-refractivity contribution in [3.05, 3.63) is 0 Å². The van der Waals surface area contributed by atoms with Crippen molar-refractivity contribution in [1.82, 2.24) is 0 Å². The van der Waals surface area contributed by atoms with Crippen LogP contribution in [-0.2, 0) is 9.53 Å². The standard InChI is InChI=1S/C10H20O2/c1-4-6-9(3)7-8-10(11)12-5-2/h9H,4-8H2,1-3H3/t9-/m1/s1. The van der Waals surface area contributed by atoms with E-state index < -0.39 is 0 Å². The summed E-state index contributed by atoms with van der Waals surface area (Å²) in [6, 6.07) is 0. The van der Waals surface area contributed by atoms with E-state index in [1.54, 1.807) is 0 Å². The van der Waals surface area contributed by atoms with E-state index in [9.17, 15) is 4.79 Å². The van der Waals surface area contributed by atoms with Gasteiger partial charge in [0, 0.05) is 6.42 Å². The molecular weight excluding hydrogens is 152 g/mol. The number of hydrogen-bond acceptors (Lipinski definition) is 2. The molecule has 0 radical (unpaired) electrons. The monoisotopic (exact) mass is 172 g/mol. The van der Waals surface area contributed by atoms with Gasteiger partial charge in [0.1, 0.15) is 0 Å². The fourth-order valence-corrected chi connectivity index (χ4v) is 1.23. The summed E-state index contributed by atoms with van der Waals surface area (Å²) in [5.41, 5.74) is 0. The van der Waals surface area contributed by atoms with Gasteiger partial charge in [-0.1, -0.05) is 26.7 Å². The average Bonchev–Trinajstić information content (AvgIpc) is 2.02. The highest BCUT2D eigenvalue weighted by atomic mass is 16.5. The lowest BCUT2D eigenvalue weighted by molar-refractivity contribution is -0.143. The Kier molecular flexibility index (Phi) is 6.82. The largest absolute Gasteiger partial charge is 0.466 e. The minimum atomic E-state index is -0.0551. The van der Waals surface area contributed by atoms with Crippen molar-refractivity contribution in [2.75, 3.05) is 6.61 Å². The van der Waals surface area contributed by atoms with Gasteiger partial charge < -0.3 is 4.74 Å². The molecular formula is C10H20O2. The van der Waals surface area contributed by atoms with Gasteiger partial charge in [0.2, 0.25) is 0 Å². The Morgan fingerprint density at radius 1 is 1.33 bits per heavy atom. The third-order valence-electron chi connectivity index (χ3n) is 1.93. The number of rotatable bonds is 6. The number of hydrogen-bond donors (Lipinski definition) is 0. The predicted molar refractivity (Wildman–Crippen MR) is 49.9 cm³/mol. The minimum absolute atomic E-state index is 0.0551. The van der Waals surface area contributed by atoms with Crippen LogP contribution in [0.5, 0.6) is 0 Å². The Balaban J connectivity index is 3.33. The molecule has 12 heavy (non-hydrogen) atoms. The molecule has 0 spiro atoms. The normalized spacial score (nSPS) is 12.6. The van der Waals surface area contributed by atoms with Crippen LogP contribution in [0.4, 0.5) is 0 Å². The maximum atomic E-state index is 10.9. The van der Waals surface area contributed by atoms with E-state index >= 15 is 0 Å². The first-order valence-electron chi connectivity index (χ1n) is 4.86. The van der Waals surface area contributed by atoms with Crippen LogP contribution in [0.3, 0.4) is 0 Å². The summed E-state index contributed by atoms with van der Waals surface area (Å²) in [7, 11) is 0. The molecule has 0 aromatic carbocycles. The molecule has 0 aromatic rings. The second kappa shape index (κ2) is 7.14. The van der Waals surface area contributed by atoms with Crippen LogP contribution in [0.15, 0.2) is 0 Å². The first kappa shape index (κ1) is 11.5. The topological polar surface area (TPSA) is 26.3 Å². The van der Waals surface area contributed by atoms with E-state index in [1.165, 1.54) is 12.8 Å². The van der Waals surface area contributed by atoms with Crippen molar-refractivity contribution in [1.29, 1.82) is 0 Å². The second-order valence-corrected chi connectivity index (χ2v) is 3.24. The van der Waals surface area contributed by atoms with E-state index in [1.807, 2.05) is 6.92 Å². The van der Waals surface area contributed by atoms with Gasteiger partial charge in [-0.25, -0.2) is 0 Å². The van der Waals surface area contributed by atoms with Crippen molar-refractivity contribution in [3.8, 4) is 0 Å². The maximum absolute atomic E-state index is 10.9. The van der Waals surface area contributed by atoms with Gasteiger partial charge in [0.05, 0.1) is 6.61 Å². The Morgan fingerprint density at radius 2 is 2.00 bits per heavy atom. The molecule has 0 aliphatic heterocycles. The molecule has 2 nitrogen and oxygen atoms in total. The highest BCUT2D eigenvalue weighted by Gasteiger charge is 2.05. The van der Waals surface area contributed by atoms with Crippen LogP contribution in [0.25, 0.3) is 0 Å². The second-order valence-electron chi connectivity index (χ2n) is 3.24. The Bertz CT molecular complexity index is 121. The molecule has 0 aromatic heterocycles. The quantitative estimate of drug-likeness (QED) is 0.576. The number of esters is 1. The minimum Gasteiger partial charge on any atom is -0.466 e. The van der Waals surface area contributed by atoms with Crippen molar-refractivity contribution < 1.29 is 9.53 Å².